The molecule has 13 heavy (non-hydrogen) atoms. The maximum absolute atomic E-state index is 5.03. The SMILES string of the molecule is COC(CSc1ccncn1)OC. The minimum absolute atomic E-state index is 0.181. The molecule has 1 heterocycles. The zero-order valence-corrected chi connectivity index (χ0v) is 8.45. The summed E-state index contributed by atoms with van der Waals surface area (Å²) in [5, 5.41) is 0.925. The van der Waals surface area contributed by atoms with Gasteiger partial charge in [-0.2, -0.15) is 0 Å². The Kier molecular flexibility index (Phi) is 4.74. The quantitative estimate of drug-likeness (QED) is 0.406. The highest BCUT2D eigenvalue weighted by Crippen LogP contribution is 2.15. The van der Waals surface area contributed by atoms with Gasteiger partial charge in [0.1, 0.15) is 6.33 Å². The van der Waals surface area contributed by atoms with Crippen LogP contribution >= 0.6 is 11.8 Å². The molecular formula is C8H12N2O2S. The van der Waals surface area contributed by atoms with Gasteiger partial charge in [0.2, 0.25) is 0 Å². The van der Waals surface area contributed by atoms with E-state index in [9.17, 15) is 0 Å². The molecule has 0 N–H and O–H groups in total. The molecule has 1 rings (SSSR count). The lowest BCUT2D eigenvalue weighted by atomic mass is 10.7. The zero-order valence-electron chi connectivity index (χ0n) is 7.64. The highest BCUT2D eigenvalue weighted by Gasteiger charge is 2.05. The Balaban J connectivity index is 2.34. The lowest BCUT2D eigenvalue weighted by Crippen LogP contribution is -2.15. The highest BCUT2D eigenvalue weighted by atomic mass is 32.2. The Hall–Kier alpha value is -0.650. The van der Waals surface area contributed by atoms with Crippen LogP contribution < -0.4 is 0 Å². The molecule has 0 atom stereocenters. The highest BCUT2D eigenvalue weighted by molar-refractivity contribution is 7.99. The van der Waals surface area contributed by atoms with Crippen LogP contribution in [0.4, 0.5) is 0 Å². The van der Waals surface area contributed by atoms with E-state index in [0.29, 0.717) is 0 Å². The summed E-state index contributed by atoms with van der Waals surface area (Å²) in [4.78, 5) is 7.89. The molecule has 4 nitrogen and oxygen atoms in total. The Bertz CT molecular complexity index is 229. The predicted molar refractivity (Wildman–Crippen MR) is 50.6 cm³/mol. The van der Waals surface area contributed by atoms with Gasteiger partial charge in [0, 0.05) is 20.4 Å². The molecule has 72 valence electrons. The van der Waals surface area contributed by atoms with Crippen molar-refractivity contribution in [3.8, 4) is 0 Å². The van der Waals surface area contributed by atoms with E-state index in [1.54, 1.807) is 32.2 Å². The molecule has 0 aliphatic rings. The maximum Gasteiger partial charge on any atom is 0.166 e. The van der Waals surface area contributed by atoms with Crippen molar-refractivity contribution in [1.82, 2.24) is 9.97 Å². The van der Waals surface area contributed by atoms with Crippen molar-refractivity contribution in [3.05, 3.63) is 18.6 Å². The van der Waals surface area contributed by atoms with E-state index >= 15 is 0 Å². The number of thioether (sulfide) groups is 1. The Labute approximate surface area is 81.7 Å². The fourth-order valence-electron chi connectivity index (χ4n) is 0.750. The number of rotatable bonds is 5. The monoisotopic (exact) mass is 200 g/mol. The van der Waals surface area contributed by atoms with Gasteiger partial charge in [-0.15, -0.1) is 11.8 Å². The van der Waals surface area contributed by atoms with Crippen molar-refractivity contribution in [1.29, 1.82) is 0 Å². The fraction of sp³-hybridized carbons (Fsp3) is 0.500. The van der Waals surface area contributed by atoms with E-state index in [-0.39, 0.29) is 6.29 Å². The third-order valence-corrected chi connectivity index (χ3v) is 2.42. The first-order valence-electron chi connectivity index (χ1n) is 3.81. The number of ether oxygens (including phenoxy) is 2. The standard InChI is InChI=1S/C8H12N2O2S/c1-11-8(12-2)5-13-7-3-4-9-6-10-7/h3-4,6,8H,5H2,1-2H3. The molecule has 0 aromatic carbocycles. The Morgan fingerprint density at radius 2 is 2.23 bits per heavy atom. The number of nitrogens with zero attached hydrogens (tertiary/aromatic N) is 2. The van der Waals surface area contributed by atoms with Crippen LogP contribution in [0.3, 0.4) is 0 Å². The lowest BCUT2D eigenvalue weighted by Gasteiger charge is -2.11. The van der Waals surface area contributed by atoms with Crippen LogP contribution in [0, 0.1) is 0 Å². The molecule has 0 fully saturated rings. The molecule has 0 saturated heterocycles. The van der Waals surface area contributed by atoms with Gasteiger partial charge in [-0.25, -0.2) is 9.97 Å². The van der Waals surface area contributed by atoms with Gasteiger partial charge in [-0.3, -0.25) is 0 Å². The van der Waals surface area contributed by atoms with Gasteiger partial charge in [-0.05, 0) is 6.07 Å². The summed E-state index contributed by atoms with van der Waals surface area (Å²) < 4.78 is 10.1. The number of methoxy groups -OCH3 is 2. The molecule has 1 aromatic heterocycles. The molecular weight excluding hydrogens is 188 g/mol. The molecule has 0 bridgehead atoms. The molecule has 5 heteroatoms. The van der Waals surface area contributed by atoms with Crippen molar-refractivity contribution in [2.45, 2.75) is 11.3 Å². The van der Waals surface area contributed by atoms with Gasteiger partial charge >= 0.3 is 0 Å². The molecule has 0 spiro atoms. The Morgan fingerprint density at radius 3 is 2.77 bits per heavy atom. The largest absolute Gasteiger partial charge is 0.355 e. The third kappa shape index (κ3) is 3.71. The summed E-state index contributed by atoms with van der Waals surface area (Å²) in [6, 6.07) is 1.85. The minimum Gasteiger partial charge on any atom is -0.355 e. The molecule has 0 unspecified atom stereocenters. The van der Waals surface area contributed by atoms with E-state index < -0.39 is 0 Å². The minimum atomic E-state index is -0.181. The van der Waals surface area contributed by atoms with Crippen molar-refractivity contribution in [2.75, 3.05) is 20.0 Å². The molecule has 0 amide bonds. The molecule has 1 aromatic rings. The molecule has 0 aliphatic heterocycles. The van der Waals surface area contributed by atoms with E-state index in [1.165, 1.54) is 6.33 Å². The van der Waals surface area contributed by atoms with Crippen molar-refractivity contribution in [3.63, 3.8) is 0 Å². The third-order valence-electron chi connectivity index (χ3n) is 1.45. The van der Waals surface area contributed by atoms with Gasteiger partial charge in [0.05, 0.1) is 10.8 Å². The first-order chi connectivity index (χ1) is 6.36. The Morgan fingerprint density at radius 1 is 1.46 bits per heavy atom. The van der Waals surface area contributed by atoms with E-state index in [0.717, 1.165) is 10.8 Å². The topological polar surface area (TPSA) is 44.2 Å². The van der Waals surface area contributed by atoms with Gasteiger partial charge in [0.15, 0.2) is 6.29 Å². The molecule has 0 radical (unpaired) electrons. The summed E-state index contributed by atoms with van der Waals surface area (Å²) in [5.41, 5.74) is 0. The van der Waals surface area contributed by atoms with Crippen LogP contribution in [0.1, 0.15) is 0 Å². The number of hydrogen-bond donors (Lipinski definition) is 0. The van der Waals surface area contributed by atoms with Crippen LogP contribution in [-0.4, -0.2) is 36.2 Å². The van der Waals surface area contributed by atoms with Crippen LogP contribution in [0.15, 0.2) is 23.6 Å². The number of aromatic nitrogens is 2. The van der Waals surface area contributed by atoms with Crippen LogP contribution in [0.2, 0.25) is 0 Å². The average molecular weight is 200 g/mol. The average Bonchev–Trinajstić information content (AvgIpc) is 2.21. The van der Waals surface area contributed by atoms with Crippen LogP contribution in [0.5, 0.6) is 0 Å². The normalized spacial score (nSPS) is 10.7. The smallest absolute Gasteiger partial charge is 0.166 e. The van der Waals surface area contributed by atoms with E-state index in [2.05, 4.69) is 9.97 Å². The second-order valence-electron chi connectivity index (χ2n) is 2.26. The van der Waals surface area contributed by atoms with Gasteiger partial charge in [0.25, 0.3) is 0 Å². The van der Waals surface area contributed by atoms with Gasteiger partial charge < -0.3 is 9.47 Å². The van der Waals surface area contributed by atoms with Crippen molar-refractivity contribution in [2.24, 2.45) is 0 Å². The second kappa shape index (κ2) is 5.90. The lowest BCUT2D eigenvalue weighted by molar-refractivity contribution is -0.0842. The first kappa shape index (κ1) is 10.4. The van der Waals surface area contributed by atoms with E-state index in [4.69, 9.17) is 9.47 Å². The second-order valence-corrected chi connectivity index (χ2v) is 3.30. The summed E-state index contributed by atoms with van der Waals surface area (Å²) in [6.45, 7) is 0. The van der Waals surface area contributed by atoms with E-state index in [1.807, 2.05) is 6.07 Å². The summed E-state index contributed by atoms with van der Waals surface area (Å²) >= 11 is 1.58. The predicted octanol–water partition coefficient (Wildman–Crippen LogP) is 1.19. The van der Waals surface area contributed by atoms with Crippen molar-refractivity contribution >= 4 is 11.8 Å². The number of hydrogen-bond acceptors (Lipinski definition) is 5. The van der Waals surface area contributed by atoms with Crippen LogP contribution in [0.25, 0.3) is 0 Å². The first-order valence-corrected chi connectivity index (χ1v) is 4.79. The summed E-state index contributed by atoms with van der Waals surface area (Å²) in [6.07, 6.45) is 3.06. The maximum atomic E-state index is 5.03. The molecule has 0 saturated carbocycles. The fourth-order valence-corrected chi connectivity index (χ4v) is 1.61. The van der Waals surface area contributed by atoms with Gasteiger partial charge in [-0.1, -0.05) is 0 Å². The summed E-state index contributed by atoms with van der Waals surface area (Å²) in [5.74, 6) is 0.726. The zero-order chi connectivity index (χ0) is 9.52. The van der Waals surface area contributed by atoms with Crippen LogP contribution in [-0.2, 0) is 9.47 Å². The van der Waals surface area contributed by atoms with Crippen molar-refractivity contribution < 1.29 is 9.47 Å². The molecule has 0 aliphatic carbocycles. The summed E-state index contributed by atoms with van der Waals surface area (Å²) in [7, 11) is 3.24.